The van der Waals surface area contributed by atoms with Crippen molar-refractivity contribution in [3.63, 3.8) is 0 Å². The van der Waals surface area contributed by atoms with E-state index in [4.69, 9.17) is 10.8 Å². The minimum absolute atomic E-state index is 0.0977. The third-order valence-corrected chi connectivity index (χ3v) is 3.55. The maximum absolute atomic E-state index is 10.6. The van der Waals surface area contributed by atoms with Gasteiger partial charge in [0, 0.05) is 10.4 Å². The van der Waals surface area contributed by atoms with Crippen LogP contribution in [0.2, 0.25) is 0 Å². The fourth-order valence-corrected chi connectivity index (χ4v) is 2.55. The van der Waals surface area contributed by atoms with E-state index in [-0.39, 0.29) is 6.42 Å². The van der Waals surface area contributed by atoms with Crippen LogP contribution in [0.5, 0.6) is 0 Å². The van der Waals surface area contributed by atoms with Crippen LogP contribution in [-0.2, 0) is 11.2 Å². The summed E-state index contributed by atoms with van der Waals surface area (Å²) in [5.74, 6) is -0.808. The zero-order chi connectivity index (χ0) is 13.1. The molecule has 0 fully saturated rings. The molecule has 1 aromatic heterocycles. The van der Waals surface area contributed by atoms with E-state index in [1.807, 2.05) is 31.2 Å². The molecule has 18 heavy (non-hydrogen) atoms. The maximum atomic E-state index is 10.6. The number of aliphatic carboxylic acids is 1. The average molecular weight is 262 g/mol. The van der Waals surface area contributed by atoms with Gasteiger partial charge in [0.25, 0.3) is 0 Å². The Bertz CT molecular complexity index is 561. The Kier molecular flexibility index (Phi) is 3.62. The SMILES string of the molecule is Cc1ccc(-c2nc(N)sc2CCC(=O)O)cc1. The Morgan fingerprint density at radius 2 is 2.06 bits per heavy atom. The fourth-order valence-electron chi connectivity index (χ4n) is 1.70. The van der Waals surface area contributed by atoms with Crippen molar-refractivity contribution in [2.24, 2.45) is 0 Å². The summed E-state index contributed by atoms with van der Waals surface area (Å²) in [5.41, 5.74) is 8.67. The van der Waals surface area contributed by atoms with Crippen molar-refractivity contribution in [1.82, 2.24) is 4.98 Å². The predicted molar refractivity (Wildman–Crippen MR) is 72.7 cm³/mol. The van der Waals surface area contributed by atoms with Gasteiger partial charge in [-0.05, 0) is 13.3 Å². The number of carboxylic acid groups (broad SMARTS) is 1. The number of hydrogen-bond acceptors (Lipinski definition) is 4. The van der Waals surface area contributed by atoms with Gasteiger partial charge in [0.15, 0.2) is 5.13 Å². The van der Waals surface area contributed by atoms with Gasteiger partial charge in [-0.2, -0.15) is 0 Å². The molecule has 0 aliphatic rings. The molecule has 1 heterocycles. The molecule has 0 saturated carbocycles. The number of aryl methyl sites for hydroxylation is 2. The van der Waals surface area contributed by atoms with Crippen LogP contribution >= 0.6 is 11.3 Å². The lowest BCUT2D eigenvalue weighted by Gasteiger charge is -2.01. The molecule has 3 N–H and O–H groups in total. The molecular formula is C13H14N2O2S. The van der Waals surface area contributed by atoms with Gasteiger partial charge in [0.2, 0.25) is 0 Å². The van der Waals surface area contributed by atoms with Crippen LogP contribution in [0.25, 0.3) is 11.3 Å². The Morgan fingerprint density at radius 3 is 2.67 bits per heavy atom. The van der Waals surface area contributed by atoms with Gasteiger partial charge in [-0.3, -0.25) is 4.79 Å². The highest BCUT2D eigenvalue weighted by Crippen LogP contribution is 2.30. The lowest BCUT2D eigenvalue weighted by molar-refractivity contribution is -0.136. The number of carboxylic acids is 1. The number of nitrogen functional groups attached to an aromatic ring is 1. The summed E-state index contributed by atoms with van der Waals surface area (Å²) in [4.78, 5) is 15.8. The summed E-state index contributed by atoms with van der Waals surface area (Å²) in [6.45, 7) is 2.02. The van der Waals surface area contributed by atoms with Gasteiger partial charge >= 0.3 is 5.97 Å². The molecule has 0 unspecified atom stereocenters. The van der Waals surface area contributed by atoms with E-state index in [0.29, 0.717) is 11.6 Å². The largest absolute Gasteiger partial charge is 0.481 e. The lowest BCUT2D eigenvalue weighted by Crippen LogP contribution is -1.97. The third kappa shape index (κ3) is 2.87. The van der Waals surface area contributed by atoms with E-state index < -0.39 is 5.97 Å². The highest BCUT2D eigenvalue weighted by molar-refractivity contribution is 7.15. The van der Waals surface area contributed by atoms with E-state index in [0.717, 1.165) is 16.1 Å². The minimum atomic E-state index is -0.808. The Hall–Kier alpha value is -1.88. The summed E-state index contributed by atoms with van der Waals surface area (Å²) in [7, 11) is 0. The van der Waals surface area contributed by atoms with Crippen molar-refractivity contribution in [2.75, 3.05) is 5.73 Å². The van der Waals surface area contributed by atoms with Crippen LogP contribution in [-0.4, -0.2) is 16.1 Å². The number of nitrogens with two attached hydrogens (primary N) is 1. The Balaban J connectivity index is 2.31. The highest BCUT2D eigenvalue weighted by Gasteiger charge is 2.12. The van der Waals surface area contributed by atoms with Gasteiger partial charge < -0.3 is 10.8 Å². The molecule has 0 aliphatic carbocycles. The van der Waals surface area contributed by atoms with Gasteiger partial charge in [-0.1, -0.05) is 29.8 Å². The predicted octanol–water partition coefficient (Wildman–Crippen LogP) is 2.72. The topological polar surface area (TPSA) is 76.2 Å². The van der Waals surface area contributed by atoms with E-state index in [2.05, 4.69) is 4.98 Å². The second kappa shape index (κ2) is 5.18. The quantitative estimate of drug-likeness (QED) is 0.888. The van der Waals surface area contributed by atoms with Gasteiger partial charge in [-0.15, -0.1) is 11.3 Å². The molecule has 94 valence electrons. The molecule has 2 aromatic rings. The Labute approximate surface area is 109 Å². The average Bonchev–Trinajstić information content (AvgIpc) is 2.69. The molecule has 0 saturated heterocycles. The first-order valence-electron chi connectivity index (χ1n) is 5.60. The summed E-state index contributed by atoms with van der Waals surface area (Å²) in [6.07, 6.45) is 0.563. The molecular weight excluding hydrogens is 248 g/mol. The number of anilines is 1. The molecule has 0 spiro atoms. The highest BCUT2D eigenvalue weighted by atomic mass is 32.1. The minimum Gasteiger partial charge on any atom is -0.481 e. The number of aromatic nitrogens is 1. The molecule has 0 aliphatic heterocycles. The van der Waals surface area contributed by atoms with Crippen molar-refractivity contribution in [2.45, 2.75) is 19.8 Å². The van der Waals surface area contributed by atoms with Crippen LogP contribution in [0.15, 0.2) is 24.3 Å². The van der Waals surface area contributed by atoms with Crippen molar-refractivity contribution in [1.29, 1.82) is 0 Å². The van der Waals surface area contributed by atoms with E-state index in [1.165, 1.54) is 16.9 Å². The molecule has 0 radical (unpaired) electrons. The number of hydrogen-bond donors (Lipinski definition) is 2. The van der Waals surface area contributed by atoms with E-state index in [9.17, 15) is 4.79 Å². The van der Waals surface area contributed by atoms with Crippen LogP contribution in [0.3, 0.4) is 0 Å². The molecule has 1 aromatic carbocycles. The van der Waals surface area contributed by atoms with Crippen LogP contribution in [0.4, 0.5) is 5.13 Å². The Morgan fingerprint density at radius 1 is 1.39 bits per heavy atom. The van der Waals surface area contributed by atoms with Crippen molar-refractivity contribution < 1.29 is 9.90 Å². The standard InChI is InChI=1S/C13H14N2O2S/c1-8-2-4-9(5-3-8)12-10(6-7-11(16)17)18-13(14)15-12/h2-5H,6-7H2,1H3,(H2,14,15)(H,16,17). The molecule has 0 bridgehead atoms. The summed E-state index contributed by atoms with van der Waals surface area (Å²) >= 11 is 1.36. The second-order valence-electron chi connectivity index (χ2n) is 4.08. The number of benzene rings is 1. The van der Waals surface area contributed by atoms with Crippen LogP contribution in [0, 0.1) is 6.92 Å². The lowest BCUT2D eigenvalue weighted by atomic mass is 10.1. The molecule has 0 amide bonds. The third-order valence-electron chi connectivity index (χ3n) is 2.60. The number of rotatable bonds is 4. The first-order valence-corrected chi connectivity index (χ1v) is 6.42. The molecule has 5 heteroatoms. The number of nitrogens with zero attached hydrogens (tertiary/aromatic N) is 1. The maximum Gasteiger partial charge on any atom is 0.303 e. The fraction of sp³-hybridized carbons (Fsp3) is 0.231. The summed E-state index contributed by atoms with van der Waals surface area (Å²) in [5, 5.41) is 9.21. The molecule has 4 nitrogen and oxygen atoms in total. The number of carbonyl (C=O) groups is 1. The normalized spacial score (nSPS) is 10.5. The van der Waals surface area contributed by atoms with Gasteiger partial charge in [0.05, 0.1) is 12.1 Å². The van der Waals surface area contributed by atoms with Crippen molar-refractivity contribution in [3.8, 4) is 11.3 Å². The first-order chi connectivity index (χ1) is 8.56. The van der Waals surface area contributed by atoms with Crippen molar-refractivity contribution >= 4 is 22.4 Å². The van der Waals surface area contributed by atoms with Crippen LogP contribution < -0.4 is 5.73 Å². The second-order valence-corrected chi connectivity index (χ2v) is 5.20. The molecule has 0 atom stereocenters. The van der Waals surface area contributed by atoms with Gasteiger partial charge in [0.1, 0.15) is 0 Å². The van der Waals surface area contributed by atoms with Gasteiger partial charge in [-0.25, -0.2) is 4.98 Å². The zero-order valence-corrected chi connectivity index (χ0v) is 10.8. The monoisotopic (exact) mass is 262 g/mol. The smallest absolute Gasteiger partial charge is 0.303 e. The summed E-state index contributed by atoms with van der Waals surface area (Å²) < 4.78 is 0. The molecule has 2 rings (SSSR count). The van der Waals surface area contributed by atoms with E-state index in [1.54, 1.807) is 0 Å². The zero-order valence-electron chi connectivity index (χ0n) is 10.0. The first kappa shape index (κ1) is 12.6. The van der Waals surface area contributed by atoms with E-state index >= 15 is 0 Å². The van der Waals surface area contributed by atoms with Crippen LogP contribution in [0.1, 0.15) is 16.9 Å². The van der Waals surface area contributed by atoms with Crippen molar-refractivity contribution in [3.05, 3.63) is 34.7 Å². The number of thiazole rings is 1. The summed E-state index contributed by atoms with van der Waals surface area (Å²) in [6, 6.07) is 7.97.